The molecule has 0 fully saturated rings. The number of nitrogens with one attached hydrogen (secondary N) is 2. The van der Waals surface area contributed by atoms with E-state index in [1.807, 2.05) is 30.3 Å². The van der Waals surface area contributed by atoms with Gasteiger partial charge in [0.05, 0.1) is 12.8 Å². The quantitative estimate of drug-likeness (QED) is 0.534. The van der Waals surface area contributed by atoms with Crippen molar-refractivity contribution in [2.75, 3.05) is 17.7 Å². The van der Waals surface area contributed by atoms with E-state index in [4.69, 9.17) is 16.3 Å². The Morgan fingerprint density at radius 3 is 2.61 bits per heavy atom. The highest BCUT2D eigenvalue weighted by Crippen LogP contribution is 2.28. The molecule has 0 aromatic heterocycles. The summed E-state index contributed by atoms with van der Waals surface area (Å²) in [5.41, 5.74) is 4.52. The molecule has 5 heteroatoms. The smallest absolute Gasteiger partial charge is 0.255 e. The van der Waals surface area contributed by atoms with Gasteiger partial charge >= 0.3 is 0 Å². The molecule has 0 aliphatic rings. The average molecular weight is 395 g/mol. The highest BCUT2D eigenvalue weighted by atomic mass is 35.5. The summed E-state index contributed by atoms with van der Waals surface area (Å²) in [6.45, 7) is 2.77. The maximum Gasteiger partial charge on any atom is 0.255 e. The molecule has 0 spiro atoms. The second-order valence-corrected chi connectivity index (χ2v) is 6.80. The molecule has 0 aliphatic carbocycles. The number of halogens is 1. The van der Waals surface area contributed by atoms with Gasteiger partial charge in [-0.15, -0.1) is 0 Å². The molecule has 3 rings (SSSR count). The van der Waals surface area contributed by atoms with E-state index in [9.17, 15) is 4.79 Å². The summed E-state index contributed by atoms with van der Waals surface area (Å²) in [5, 5.41) is 6.85. The molecule has 144 valence electrons. The van der Waals surface area contributed by atoms with Crippen molar-refractivity contribution in [3.05, 3.63) is 88.4 Å². The summed E-state index contributed by atoms with van der Waals surface area (Å²) >= 11 is 6.04. The molecule has 0 heterocycles. The lowest BCUT2D eigenvalue weighted by atomic mass is 10.1. The van der Waals surface area contributed by atoms with Crippen LogP contribution < -0.4 is 15.4 Å². The van der Waals surface area contributed by atoms with Gasteiger partial charge in [-0.1, -0.05) is 48.9 Å². The molecule has 4 nitrogen and oxygen atoms in total. The van der Waals surface area contributed by atoms with Gasteiger partial charge in [0, 0.05) is 22.8 Å². The van der Waals surface area contributed by atoms with Gasteiger partial charge in [-0.25, -0.2) is 0 Å². The molecular formula is C23H23ClN2O2. The van der Waals surface area contributed by atoms with Crippen molar-refractivity contribution in [2.24, 2.45) is 0 Å². The number of carbonyl (C=O) groups is 1. The summed E-state index contributed by atoms with van der Waals surface area (Å²) < 4.78 is 5.29. The van der Waals surface area contributed by atoms with Crippen LogP contribution in [0.5, 0.6) is 5.75 Å². The van der Waals surface area contributed by atoms with Crippen molar-refractivity contribution in [1.29, 1.82) is 0 Å². The Kier molecular flexibility index (Phi) is 6.56. The summed E-state index contributed by atoms with van der Waals surface area (Å²) in [6.07, 6.45) is 0.965. The van der Waals surface area contributed by atoms with Crippen LogP contribution in [0.3, 0.4) is 0 Å². The topological polar surface area (TPSA) is 50.4 Å². The van der Waals surface area contributed by atoms with Gasteiger partial charge < -0.3 is 15.4 Å². The summed E-state index contributed by atoms with van der Waals surface area (Å²) in [7, 11) is 1.55. The highest BCUT2D eigenvalue weighted by molar-refractivity contribution is 6.31. The van der Waals surface area contributed by atoms with Crippen LogP contribution in [0.4, 0.5) is 11.4 Å². The summed E-state index contributed by atoms with van der Waals surface area (Å²) in [5.74, 6) is 0.350. The van der Waals surface area contributed by atoms with E-state index in [0.717, 1.165) is 17.7 Å². The monoisotopic (exact) mass is 394 g/mol. The summed E-state index contributed by atoms with van der Waals surface area (Å²) in [6, 6.07) is 20.9. The van der Waals surface area contributed by atoms with Gasteiger partial charge in [-0.05, 0) is 53.9 Å². The number of para-hydroxylation sites is 1. The van der Waals surface area contributed by atoms with Gasteiger partial charge in [0.15, 0.2) is 0 Å². The number of carbonyl (C=O) groups excluding carboxylic acids is 1. The second-order valence-electron chi connectivity index (χ2n) is 6.36. The number of methoxy groups -OCH3 is 1. The zero-order valence-electron chi connectivity index (χ0n) is 16.0. The highest BCUT2D eigenvalue weighted by Gasteiger charge is 2.11. The molecule has 0 saturated heterocycles. The van der Waals surface area contributed by atoms with Crippen molar-refractivity contribution in [1.82, 2.24) is 0 Å². The van der Waals surface area contributed by atoms with E-state index >= 15 is 0 Å². The average Bonchev–Trinajstić information content (AvgIpc) is 2.73. The maximum absolute atomic E-state index is 12.7. The van der Waals surface area contributed by atoms with Gasteiger partial charge in [0.25, 0.3) is 5.91 Å². The van der Waals surface area contributed by atoms with E-state index in [-0.39, 0.29) is 5.91 Å². The molecule has 28 heavy (non-hydrogen) atoms. The predicted octanol–water partition coefficient (Wildman–Crippen LogP) is 5.78. The number of benzene rings is 3. The zero-order chi connectivity index (χ0) is 19.9. The molecule has 0 unspecified atom stereocenters. The SMILES string of the molecule is CCc1ccccc1NCc1cccc(C(=O)Nc2cc(Cl)ccc2OC)c1. The Balaban J connectivity index is 1.72. The van der Waals surface area contributed by atoms with Crippen molar-refractivity contribution in [3.63, 3.8) is 0 Å². The van der Waals surface area contributed by atoms with E-state index < -0.39 is 0 Å². The minimum atomic E-state index is -0.212. The first-order valence-electron chi connectivity index (χ1n) is 9.16. The van der Waals surface area contributed by atoms with Crippen LogP contribution in [0.15, 0.2) is 66.7 Å². The van der Waals surface area contributed by atoms with Crippen molar-refractivity contribution < 1.29 is 9.53 Å². The third kappa shape index (κ3) is 4.84. The van der Waals surface area contributed by atoms with Gasteiger partial charge in [0.2, 0.25) is 0 Å². The number of anilines is 2. The third-order valence-electron chi connectivity index (χ3n) is 4.48. The Bertz CT molecular complexity index is 972. The van der Waals surface area contributed by atoms with Crippen LogP contribution in [0.25, 0.3) is 0 Å². The van der Waals surface area contributed by atoms with E-state index in [2.05, 4.69) is 29.7 Å². The lowest BCUT2D eigenvalue weighted by Gasteiger charge is -2.13. The number of hydrogen-bond donors (Lipinski definition) is 2. The molecule has 3 aromatic rings. The third-order valence-corrected chi connectivity index (χ3v) is 4.72. The molecule has 0 aliphatic heterocycles. The maximum atomic E-state index is 12.7. The first-order valence-corrected chi connectivity index (χ1v) is 9.54. The van der Waals surface area contributed by atoms with Crippen LogP contribution in [0.2, 0.25) is 5.02 Å². The molecule has 0 saturated carbocycles. The largest absolute Gasteiger partial charge is 0.495 e. The fourth-order valence-corrected chi connectivity index (χ4v) is 3.17. The molecule has 0 bridgehead atoms. The molecule has 2 N–H and O–H groups in total. The fourth-order valence-electron chi connectivity index (χ4n) is 2.99. The standard InChI is InChI=1S/C23H23ClN2O2/c1-3-17-8-4-5-10-20(17)25-15-16-7-6-9-18(13-16)23(27)26-21-14-19(24)11-12-22(21)28-2/h4-14,25H,3,15H2,1-2H3,(H,26,27). The molecule has 0 atom stereocenters. The minimum absolute atomic E-state index is 0.212. The summed E-state index contributed by atoms with van der Waals surface area (Å²) in [4.78, 5) is 12.7. The number of rotatable bonds is 7. The first-order chi connectivity index (χ1) is 13.6. The number of amides is 1. The molecule has 1 amide bonds. The van der Waals surface area contributed by atoms with Crippen molar-refractivity contribution in [2.45, 2.75) is 19.9 Å². The Labute approximate surface area is 170 Å². The van der Waals surface area contributed by atoms with Gasteiger partial charge in [0.1, 0.15) is 5.75 Å². The first kappa shape index (κ1) is 19.8. The van der Waals surface area contributed by atoms with Gasteiger partial charge in [-0.2, -0.15) is 0 Å². The predicted molar refractivity (Wildman–Crippen MR) is 116 cm³/mol. The van der Waals surface area contributed by atoms with Crippen LogP contribution in [0.1, 0.15) is 28.4 Å². The van der Waals surface area contributed by atoms with Crippen LogP contribution in [0, 0.1) is 0 Å². The lowest BCUT2D eigenvalue weighted by molar-refractivity contribution is 0.102. The van der Waals surface area contributed by atoms with Crippen LogP contribution in [-0.4, -0.2) is 13.0 Å². The minimum Gasteiger partial charge on any atom is -0.495 e. The molecule has 0 radical (unpaired) electrons. The van der Waals surface area contributed by atoms with Crippen molar-refractivity contribution in [3.8, 4) is 5.75 Å². The van der Waals surface area contributed by atoms with Crippen LogP contribution in [-0.2, 0) is 13.0 Å². The van der Waals surface area contributed by atoms with Crippen molar-refractivity contribution >= 4 is 28.9 Å². The lowest BCUT2D eigenvalue weighted by Crippen LogP contribution is -2.13. The van der Waals surface area contributed by atoms with Crippen LogP contribution >= 0.6 is 11.6 Å². The molecule has 3 aromatic carbocycles. The second kappa shape index (κ2) is 9.29. The number of aryl methyl sites for hydroxylation is 1. The number of hydrogen-bond acceptors (Lipinski definition) is 3. The normalized spacial score (nSPS) is 10.4. The van der Waals surface area contributed by atoms with E-state index in [1.165, 1.54) is 5.56 Å². The van der Waals surface area contributed by atoms with Gasteiger partial charge in [-0.3, -0.25) is 4.79 Å². The Hall–Kier alpha value is -2.98. The van der Waals surface area contributed by atoms with E-state index in [0.29, 0.717) is 28.6 Å². The number of ether oxygens (including phenoxy) is 1. The Morgan fingerprint density at radius 2 is 1.82 bits per heavy atom. The fraction of sp³-hybridized carbons (Fsp3) is 0.174. The van der Waals surface area contributed by atoms with E-state index in [1.54, 1.807) is 31.4 Å². The molecular weight excluding hydrogens is 372 g/mol. The Morgan fingerprint density at radius 1 is 1.00 bits per heavy atom. The zero-order valence-corrected chi connectivity index (χ0v) is 16.7.